The van der Waals surface area contributed by atoms with E-state index in [0.29, 0.717) is 17.9 Å². The summed E-state index contributed by atoms with van der Waals surface area (Å²) in [5.41, 5.74) is 0.630. The zero-order chi connectivity index (χ0) is 17.4. The van der Waals surface area contributed by atoms with Crippen LogP contribution in [0.2, 0.25) is 0 Å². The molecule has 0 aromatic heterocycles. The summed E-state index contributed by atoms with van der Waals surface area (Å²) in [7, 11) is 0. The lowest BCUT2D eigenvalue weighted by atomic mass is 10.1. The maximum Gasteiger partial charge on any atom is 0.159 e. The van der Waals surface area contributed by atoms with Crippen molar-refractivity contribution in [2.75, 3.05) is 45.9 Å². The van der Waals surface area contributed by atoms with Gasteiger partial charge in [-0.25, -0.2) is 0 Å². The molecule has 24 heavy (non-hydrogen) atoms. The number of nitrogens with zero attached hydrogens (tertiary/aromatic N) is 2. The second kappa shape index (κ2) is 9.77. The van der Waals surface area contributed by atoms with E-state index in [1.165, 1.54) is 13.3 Å². The van der Waals surface area contributed by atoms with Crippen LogP contribution >= 0.6 is 0 Å². The molecule has 0 amide bonds. The molecule has 5 nitrogen and oxygen atoms in total. The summed E-state index contributed by atoms with van der Waals surface area (Å²) in [5.74, 6) is 0.647. The van der Waals surface area contributed by atoms with Crippen molar-refractivity contribution >= 4 is 5.78 Å². The van der Waals surface area contributed by atoms with E-state index in [0.717, 1.165) is 39.1 Å². The third kappa shape index (κ3) is 6.23. The van der Waals surface area contributed by atoms with Crippen LogP contribution in [0.15, 0.2) is 24.3 Å². The molecule has 1 N–H and O–H groups in total. The van der Waals surface area contributed by atoms with Gasteiger partial charge in [-0.15, -0.1) is 0 Å². The smallest absolute Gasteiger partial charge is 0.159 e. The van der Waals surface area contributed by atoms with E-state index < -0.39 is 6.10 Å². The lowest BCUT2D eigenvalue weighted by Crippen LogP contribution is -2.38. The van der Waals surface area contributed by atoms with Gasteiger partial charge in [0.05, 0.1) is 0 Å². The van der Waals surface area contributed by atoms with Crippen LogP contribution in [-0.4, -0.2) is 72.7 Å². The number of hydrogen-bond acceptors (Lipinski definition) is 5. The lowest BCUT2D eigenvalue weighted by Gasteiger charge is -2.24. The van der Waals surface area contributed by atoms with Gasteiger partial charge in [0, 0.05) is 25.2 Å². The highest BCUT2D eigenvalue weighted by Gasteiger charge is 2.17. The van der Waals surface area contributed by atoms with Gasteiger partial charge < -0.3 is 14.7 Å². The molecule has 0 aliphatic carbocycles. The number of ether oxygens (including phenoxy) is 1. The summed E-state index contributed by atoms with van der Waals surface area (Å²) < 4.78 is 5.65. The molecule has 1 heterocycles. The van der Waals surface area contributed by atoms with Crippen molar-refractivity contribution < 1.29 is 14.6 Å². The third-order valence-electron chi connectivity index (χ3n) is 4.37. The fourth-order valence-corrected chi connectivity index (χ4v) is 3.09. The summed E-state index contributed by atoms with van der Waals surface area (Å²) in [4.78, 5) is 16.2. The highest BCUT2D eigenvalue weighted by atomic mass is 16.5. The molecule has 0 bridgehead atoms. The molecule has 134 valence electrons. The molecule has 1 fully saturated rings. The summed E-state index contributed by atoms with van der Waals surface area (Å²) >= 11 is 0. The molecule has 0 saturated carbocycles. The normalized spacial score (nSPS) is 18.1. The Morgan fingerprint density at radius 2 is 2.00 bits per heavy atom. The predicted molar refractivity (Wildman–Crippen MR) is 95.7 cm³/mol. The number of carbonyl (C=O) groups excluding carboxylic acids is 1. The second-order valence-electron chi connectivity index (χ2n) is 6.54. The zero-order valence-electron chi connectivity index (χ0n) is 14.9. The number of carbonyl (C=O) groups is 1. The van der Waals surface area contributed by atoms with E-state index in [-0.39, 0.29) is 12.4 Å². The minimum atomic E-state index is -0.524. The summed E-state index contributed by atoms with van der Waals surface area (Å²) in [5, 5.41) is 10.3. The Morgan fingerprint density at radius 1 is 1.25 bits per heavy atom. The van der Waals surface area contributed by atoms with Crippen molar-refractivity contribution in [3.8, 4) is 5.75 Å². The first-order valence-electron chi connectivity index (χ1n) is 8.95. The largest absolute Gasteiger partial charge is 0.491 e. The molecule has 0 spiro atoms. The number of aliphatic hydroxyl groups is 1. The second-order valence-corrected chi connectivity index (χ2v) is 6.54. The van der Waals surface area contributed by atoms with Gasteiger partial charge in [-0.2, -0.15) is 0 Å². The Balaban J connectivity index is 1.76. The molecule has 1 unspecified atom stereocenters. The molecule has 1 saturated heterocycles. The molecule has 2 rings (SSSR count). The molecule has 1 aromatic rings. The van der Waals surface area contributed by atoms with Crippen molar-refractivity contribution in [1.82, 2.24) is 9.80 Å². The van der Waals surface area contributed by atoms with Gasteiger partial charge in [0.1, 0.15) is 18.5 Å². The maximum absolute atomic E-state index is 11.4. The van der Waals surface area contributed by atoms with Gasteiger partial charge in [0.2, 0.25) is 0 Å². The SMILES string of the molecule is CCCN1CCCN(CC(O)COc2cccc(C(C)=O)c2)CC1. The van der Waals surface area contributed by atoms with Crippen LogP contribution in [0, 0.1) is 0 Å². The first-order chi connectivity index (χ1) is 11.6. The first-order valence-corrected chi connectivity index (χ1v) is 8.95. The van der Waals surface area contributed by atoms with E-state index in [1.807, 2.05) is 6.07 Å². The minimum absolute atomic E-state index is 0.0159. The van der Waals surface area contributed by atoms with Crippen molar-refractivity contribution in [2.24, 2.45) is 0 Å². The van der Waals surface area contributed by atoms with Crippen molar-refractivity contribution in [1.29, 1.82) is 0 Å². The number of hydrogen-bond donors (Lipinski definition) is 1. The average molecular weight is 334 g/mol. The fourth-order valence-electron chi connectivity index (χ4n) is 3.09. The first kappa shape index (κ1) is 18.9. The Bertz CT molecular complexity index is 521. The average Bonchev–Trinajstić information content (AvgIpc) is 2.79. The van der Waals surface area contributed by atoms with E-state index >= 15 is 0 Å². The van der Waals surface area contributed by atoms with Crippen LogP contribution in [0.4, 0.5) is 0 Å². The fraction of sp³-hybridized carbons (Fsp3) is 0.632. The number of benzene rings is 1. The molecule has 0 radical (unpaired) electrons. The summed E-state index contributed by atoms with van der Waals surface area (Å²) in [6, 6.07) is 7.11. The molecule has 5 heteroatoms. The number of rotatable bonds is 8. The zero-order valence-corrected chi connectivity index (χ0v) is 14.9. The van der Waals surface area contributed by atoms with Gasteiger partial charge in [0.15, 0.2) is 5.78 Å². The third-order valence-corrected chi connectivity index (χ3v) is 4.37. The maximum atomic E-state index is 11.4. The van der Waals surface area contributed by atoms with Gasteiger partial charge >= 0.3 is 0 Å². The predicted octanol–water partition coefficient (Wildman–Crippen LogP) is 2.05. The Hall–Kier alpha value is -1.43. The Kier molecular flexibility index (Phi) is 7.69. The highest BCUT2D eigenvalue weighted by molar-refractivity contribution is 5.94. The van der Waals surface area contributed by atoms with Crippen LogP contribution < -0.4 is 4.74 Å². The molecule has 1 atom stereocenters. The van der Waals surface area contributed by atoms with Crippen molar-refractivity contribution in [3.63, 3.8) is 0 Å². The van der Waals surface area contributed by atoms with Crippen LogP contribution in [0.1, 0.15) is 37.0 Å². The van der Waals surface area contributed by atoms with Crippen molar-refractivity contribution in [3.05, 3.63) is 29.8 Å². The molecular weight excluding hydrogens is 304 g/mol. The summed E-state index contributed by atoms with van der Waals surface area (Å²) in [6.45, 7) is 10.0. The van der Waals surface area contributed by atoms with E-state index in [4.69, 9.17) is 4.74 Å². The lowest BCUT2D eigenvalue weighted by molar-refractivity contribution is 0.0693. The van der Waals surface area contributed by atoms with Crippen LogP contribution in [0.25, 0.3) is 0 Å². The van der Waals surface area contributed by atoms with Gasteiger partial charge in [-0.1, -0.05) is 19.1 Å². The van der Waals surface area contributed by atoms with Crippen LogP contribution in [0.3, 0.4) is 0 Å². The van der Waals surface area contributed by atoms with E-state index in [9.17, 15) is 9.90 Å². The number of β-amino-alcohol motifs (C(OH)–C–C–N with tert-alkyl or cyclic N) is 1. The van der Waals surface area contributed by atoms with Gasteiger partial charge in [-0.05, 0) is 51.5 Å². The van der Waals surface area contributed by atoms with E-state index in [2.05, 4.69) is 16.7 Å². The number of Topliss-reactive ketones (excluding diaryl/α,β-unsaturated/α-hetero) is 1. The van der Waals surface area contributed by atoms with E-state index in [1.54, 1.807) is 18.2 Å². The summed E-state index contributed by atoms with van der Waals surface area (Å²) in [6.07, 6.45) is 1.81. The topological polar surface area (TPSA) is 53.0 Å². The highest BCUT2D eigenvalue weighted by Crippen LogP contribution is 2.14. The minimum Gasteiger partial charge on any atom is -0.491 e. The Morgan fingerprint density at radius 3 is 2.75 bits per heavy atom. The molecule has 1 aliphatic rings. The van der Waals surface area contributed by atoms with Gasteiger partial charge in [0.25, 0.3) is 0 Å². The number of ketones is 1. The van der Waals surface area contributed by atoms with Crippen LogP contribution in [0.5, 0.6) is 5.75 Å². The quantitative estimate of drug-likeness (QED) is 0.738. The molecule has 1 aromatic carbocycles. The molecular formula is C19H30N2O3. The van der Waals surface area contributed by atoms with Gasteiger partial charge in [-0.3, -0.25) is 9.69 Å². The van der Waals surface area contributed by atoms with Crippen LogP contribution in [-0.2, 0) is 0 Å². The molecule has 1 aliphatic heterocycles. The number of aliphatic hydroxyl groups excluding tert-OH is 1. The monoisotopic (exact) mass is 334 g/mol. The van der Waals surface area contributed by atoms with Crippen molar-refractivity contribution in [2.45, 2.75) is 32.8 Å². The standard InChI is InChI=1S/C19H30N2O3/c1-3-8-20-9-5-10-21(12-11-20)14-18(23)15-24-19-7-4-6-17(13-19)16(2)22/h4,6-7,13,18,23H,3,5,8-12,14-15H2,1-2H3. The Labute approximate surface area is 145 Å².